The van der Waals surface area contributed by atoms with Crippen LogP contribution in [0.3, 0.4) is 0 Å². The zero-order valence-corrected chi connectivity index (χ0v) is 19.4. The fourth-order valence-corrected chi connectivity index (χ4v) is 5.42. The number of nitrogens with zero attached hydrogens (tertiary/aromatic N) is 3. The highest BCUT2D eigenvalue weighted by atomic mass is 32.2. The number of amides is 2. The van der Waals surface area contributed by atoms with E-state index < -0.39 is 0 Å². The van der Waals surface area contributed by atoms with Gasteiger partial charge in [0.15, 0.2) is 5.69 Å². The second kappa shape index (κ2) is 9.42. The summed E-state index contributed by atoms with van der Waals surface area (Å²) < 4.78 is 19.3. The second-order valence-corrected chi connectivity index (χ2v) is 9.42. The summed E-state index contributed by atoms with van der Waals surface area (Å²) in [4.78, 5) is 36.7. The van der Waals surface area contributed by atoms with E-state index in [1.807, 2.05) is 12.1 Å². The van der Waals surface area contributed by atoms with Gasteiger partial charge in [0.05, 0.1) is 12.0 Å². The minimum atomic E-state index is -0.317. The molecule has 0 radical (unpaired) electrons. The highest BCUT2D eigenvalue weighted by Crippen LogP contribution is 2.30. The lowest BCUT2D eigenvalue weighted by Gasteiger charge is -2.24. The Morgan fingerprint density at radius 3 is 2.94 bits per heavy atom. The van der Waals surface area contributed by atoms with E-state index in [2.05, 4.69) is 15.3 Å². The van der Waals surface area contributed by atoms with Crippen LogP contribution in [0, 0.1) is 12.7 Å². The van der Waals surface area contributed by atoms with Crippen molar-refractivity contribution in [2.75, 3.05) is 25.4 Å². The molecular weight excluding hydrogens is 455 g/mol. The van der Waals surface area contributed by atoms with Gasteiger partial charge >= 0.3 is 0 Å². The minimum Gasteiger partial charge on any atom is -0.493 e. The van der Waals surface area contributed by atoms with E-state index in [9.17, 15) is 14.0 Å². The summed E-state index contributed by atoms with van der Waals surface area (Å²) >= 11 is 1.61. The maximum atomic E-state index is 13.8. The normalized spacial score (nSPS) is 16.8. The largest absolute Gasteiger partial charge is 0.493 e. The third kappa shape index (κ3) is 4.23. The number of thioether (sulfide) groups is 1. The average Bonchev–Trinajstić information content (AvgIpc) is 3.53. The summed E-state index contributed by atoms with van der Waals surface area (Å²) in [6, 6.07) is 10.1. The topological polar surface area (TPSA) is 84.4 Å². The monoisotopic (exact) mass is 478 g/mol. The van der Waals surface area contributed by atoms with Crippen LogP contribution in [0.4, 0.5) is 4.39 Å². The summed E-state index contributed by atoms with van der Waals surface area (Å²) in [5.41, 5.74) is 3.26. The van der Waals surface area contributed by atoms with Crippen molar-refractivity contribution >= 4 is 23.6 Å². The molecule has 3 heterocycles. The number of hydrogen-bond donors (Lipinski definition) is 1. The molecule has 174 valence electrons. The first-order chi connectivity index (χ1) is 16.5. The summed E-state index contributed by atoms with van der Waals surface area (Å²) in [5.74, 6) is 0.757. The van der Waals surface area contributed by atoms with Gasteiger partial charge in [-0.25, -0.2) is 9.37 Å². The maximum absolute atomic E-state index is 13.8. The van der Waals surface area contributed by atoms with Gasteiger partial charge in [-0.1, -0.05) is 6.07 Å². The number of carbonyl (C=O) groups excluding carboxylic acids is 2. The maximum Gasteiger partial charge on any atom is 0.275 e. The molecular formula is C25H23FN4O3S. The molecule has 7 nitrogen and oxygen atoms in total. The van der Waals surface area contributed by atoms with Gasteiger partial charge in [-0.05, 0) is 42.8 Å². The van der Waals surface area contributed by atoms with Crippen molar-refractivity contribution in [3.63, 3.8) is 0 Å². The Bertz CT molecular complexity index is 1270. The van der Waals surface area contributed by atoms with Gasteiger partial charge in [0.25, 0.3) is 11.8 Å². The molecule has 1 fully saturated rings. The molecule has 0 spiro atoms. The molecule has 1 atom stereocenters. The van der Waals surface area contributed by atoms with Gasteiger partial charge in [0.2, 0.25) is 0 Å². The number of hydrogen-bond acceptors (Lipinski definition) is 6. The highest BCUT2D eigenvalue weighted by Gasteiger charge is 2.33. The Balaban J connectivity index is 1.33. The molecule has 9 heteroatoms. The van der Waals surface area contributed by atoms with E-state index in [1.54, 1.807) is 41.8 Å². The van der Waals surface area contributed by atoms with Gasteiger partial charge in [-0.3, -0.25) is 14.6 Å². The zero-order valence-electron chi connectivity index (χ0n) is 18.6. The van der Waals surface area contributed by atoms with Crippen LogP contribution in [0.5, 0.6) is 5.75 Å². The van der Waals surface area contributed by atoms with E-state index in [0.29, 0.717) is 48.5 Å². The number of carbonyl (C=O) groups is 2. The predicted molar refractivity (Wildman–Crippen MR) is 127 cm³/mol. The number of fused-ring (bicyclic) bond motifs is 1. The predicted octanol–water partition coefficient (Wildman–Crippen LogP) is 3.47. The van der Waals surface area contributed by atoms with Crippen LogP contribution in [-0.4, -0.2) is 57.5 Å². The molecule has 2 aliphatic heterocycles. The summed E-state index contributed by atoms with van der Waals surface area (Å²) in [6.45, 7) is 3.09. The Morgan fingerprint density at radius 2 is 2.09 bits per heavy atom. The molecule has 0 saturated carbocycles. The van der Waals surface area contributed by atoms with E-state index in [1.165, 1.54) is 18.5 Å². The van der Waals surface area contributed by atoms with E-state index in [-0.39, 0.29) is 28.7 Å². The molecule has 1 aromatic heterocycles. The smallest absolute Gasteiger partial charge is 0.275 e. The molecule has 1 N–H and O–H groups in total. The lowest BCUT2D eigenvalue weighted by Crippen LogP contribution is -2.42. The van der Waals surface area contributed by atoms with Crippen LogP contribution in [0.15, 0.2) is 48.8 Å². The fourth-order valence-electron chi connectivity index (χ4n) is 4.27. The third-order valence-corrected chi connectivity index (χ3v) is 7.23. The van der Waals surface area contributed by atoms with Crippen LogP contribution < -0.4 is 10.1 Å². The van der Waals surface area contributed by atoms with Crippen LogP contribution in [-0.2, 0) is 6.42 Å². The molecule has 1 saturated heterocycles. The first kappa shape index (κ1) is 22.3. The van der Waals surface area contributed by atoms with Crippen molar-refractivity contribution in [3.05, 3.63) is 77.0 Å². The lowest BCUT2D eigenvalue weighted by molar-refractivity contribution is 0.0746. The number of ether oxygens (including phenoxy) is 1. The number of rotatable bonds is 5. The molecule has 2 aromatic carbocycles. The van der Waals surface area contributed by atoms with Crippen molar-refractivity contribution in [2.24, 2.45) is 0 Å². The average molecular weight is 479 g/mol. The van der Waals surface area contributed by atoms with Crippen LogP contribution in [0.25, 0.3) is 11.3 Å². The Kier molecular flexibility index (Phi) is 6.19. The molecule has 3 aromatic rings. The van der Waals surface area contributed by atoms with Crippen LogP contribution in [0.1, 0.15) is 32.0 Å². The first-order valence-corrected chi connectivity index (χ1v) is 12.1. The quantitative estimate of drug-likeness (QED) is 0.605. The van der Waals surface area contributed by atoms with Crippen LogP contribution >= 0.6 is 11.8 Å². The lowest BCUT2D eigenvalue weighted by atomic mass is 10.0. The van der Waals surface area contributed by atoms with Gasteiger partial charge in [0, 0.05) is 54.3 Å². The zero-order chi connectivity index (χ0) is 23.7. The van der Waals surface area contributed by atoms with Gasteiger partial charge in [-0.2, -0.15) is 0 Å². The molecule has 2 amide bonds. The second-order valence-electron chi connectivity index (χ2n) is 8.13. The minimum absolute atomic E-state index is 0.177. The van der Waals surface area contributed by atoms with Crippen molar-refractivity contribution in [3.8, 4) is 17.0 Å². The van der Waals surface area contributed by atoms with Crippen LogP contribution in [0.2, 0.25) is 0 Å². The molecule has 0 bridgehead atoms. The third-order valence-electron chi connectivity index (χ3n) is 6.01. The number of aryl methyl sites for hydroxylation is 1. The molecule has 1 unspecified atom stereocenters. The van der Waals surface area contributed by atoms with Crippen molar-refractivity contribution in [1.29, 1.82) is 0 Å². The first-order valence-electron chi connectivity index (χ1n) is 11.1. The molecule has 34 heavy (non-hydrogen) atoms. The van der Waals surface area contributed by atoms with Gasteiger partial charge in [0.1, 0.15) is 17.3 Å². The standard InChI is InChI=1S/C25H23FN4O3S/c1-15-13-16(5-6-19(15)26)22-23(28-9-8-27-22)25(32)30-10-12-34-21(30)14-29-24(31)18-3-2-4-20-17(18)7-11-33-20/h2-6,8-9,13,21H,7,10-12,14H2,1H3,(H,29,31). The number of benzene rings is 2. The Hall–Kier alpha value is -3.46. The summed E-state index contributed by atoms with van der Waals surface area (Å²) in [6.07, 6.45) is 3.70. The van der Waals surface area contributed by atoms with Crippen molar-refractivity contribution < 1.29 is 18.7 Å². The Morgan fingerprint density at radius 1 is 1.24 bits per heavy atom. The van der Waals surface area contributed by atoms with Gasteiger partial charge in [-0.15, -0.1) is 11.8 Å². The number of aromatic nitrogens is 2. The number of nitrogens with one attached hydrogen (secondary N) is 1. The van der Waals surface area contributed by atoms with E-state index in [4.69, 9.17) is 4.74 Å². The molecule has 0 aliphatic carbocycles. The van der Waals surface area contributed by atoms with Gasteiger partial charge < -0.3 is 15.0 Å². The van der Waals surface area contributed by atoms with Crippen molar-refractivity contribution in [1.82, 2.24) is 20.2 Å². The molecule has 2 aliphatic rings. The SMILES string of the molecule is Cc1cc(-c2nccnc2C(=O)N2CCSC2CNC(=O)c2cccc3c2CCO3)ccc1F. The van der Waals surface area contributed by atoms with Crippen molar-refractivity contribution in [2.45, 2.75) is 18.7 Å². The van der Waals surface area contributed by atoms with E-state index >= 15 is 0 Å². The highest BCUT2D eigenvalue weighted by molar-refractivity contribution is 8.00. The Labute approximate surface area is 200 Å². The van der Waals surface area contributed by atoms with E-state index in [0.717, 1.165) is 17.1 Å². The summed E-state index contributed by atoms with van der Waals surface area (Å²) in [7, 11) is 0. The molecule has 5 rings (SSSR count). The number of halogens is 1. The fraction of sp³-hybridized carbons (Fsp3) is 0.280. The summed E-state index contributed by atoms with van der Waals surface area (Å²) in [5, 5.41) is 2.75.